The van der Waals surface area contributed by atoms with E-state index in [-0.39, 0.29) is 0 Å². The van der Waals surface area contributed by atoms with Crippen molar-refractivity contribution in [3.05, 3.63) is 0 Å². The third-order valence-corrected chi connectivity index (χ3v) is 1.97. The van der Waals surface area contributed by atoms with Crippen LogP contribution in [0.2, 0.25) is 0 Å². The molecule has 0 aliphatic heterocycles. The predicted molar refractivity (Wildman–Crippen MR) is 56.2 cm³/mol. The second-order valence-corrected chi connectivity index (χ2v) is 3.62. The molecule has 0 atom stereocenters. The quantitative estimate of drug-likeness (QED) is 0.662. The third kappa shape index (κ3) is 9.92. The Labute approximate surface area is 87.5 Å². The number of ether oxygens (including phenoxy) is 4. The van der Waals surface area contributed by atoms with Crippen LogP contribution >= 0.6 is 0 Å². The van der Waals surface area contributed by atoms with E-state index in [0.717, 1.165) is 0 Å². The first-order valence-corrected chi connectivity index (χ1v) is 4.45. The van der Waals surface area contributed by atoms with Crippen LogP contribution in [0.1, 0.15) is 27.7 Å². The van der Waals surface area contributed by atoms with Gasteiger partial charge in [-0.25, -0.2) is 0 Å². The van der Waals surface area contributed by atoms with Crippen LogP contribution in [0.5, 0.6) is 0 Å². The van der Waals surface area contributed by atoms with Gasteiger partial charge in [0.2, 0.25) is 0 Å². The number of rotatable bonds is 4. The zero-order valence-corrected chi connectivity index (χ0v) is 10.6. The summed E-state index contributed by atoms with van der Waals surface area (Å²) < 4.78 is 19.5. The summed E-state index contributed by atoms with van der Waals surface area (Å²) in [5, 5.41) is 0. The van der Waals surface area contributed by atoms with Crippen LogP contribution in [0.3, 0.4) is 0 Å². The molecule has 0 amide bonds. The largest absolute Gasteiger partial charge is 0.354 e. The van der Waals surface area contributed by atoms with Gasteiger partial charge in [-0.15, -0.1) is 0 Å². The molecular weight excluding hydrogens is 184 g/mol. The first-order chi connectivity index (χ1) is 6.24. The molecule has 0 bridgehead atoms. The van der Waals surface area contributed by atoms with Crippen LogP contribution in [-0.2, 0) is 18.9 Å². The molecule has 4 heteroatoms. The molecule has 0 radical (unpaired) electrons. The second kappa shape index (κ2) is 7.17. The zero-order chi connectivity index (χ0) is 11.8. The van der Waals surface area contributed by atoms with Crippen molar-refractivity contribution < 1.29 is 18.9 Å². The molecule has 0 saturated carbocycles. The maximum Gasteiger partial charge on any atom is 0.161 e. The maximum absolute atomic E-state index is 4.86. The van der Waals surface area contributed by atoms with Crippen LogP contribution in [0.25, 0.3) is 0 Å². The van der Waals surface area contributed by atoms with Gasteiger partial charge in [0.05, 0.1) is 0 Å². The molecule has 0 heterocycles. The summed E-state index contributed by atoms with van der Waals surface area (Å²) in [7, 11) is 6.46. The Morgan fingerprint density at radius 1 is 0.500 bits per heavy atom. The van der Waals surface area contributed by atoms with Crippen LogP contribution in [0, 0.1) is 0 Å². The molecule has 0 aromatic rings. The molecule has 0 unspecified atom stereocenters. The van der Waals surface area contributed by atoms with Gasteiger partial charge in [-0.1, -0.05) is 0 Å². The van der Waals surface area contributed by atoms with Gasteiger partial charge in [-0.2, -0.15) is 0 Å². The average Bonchev–Trinajstić information content (AvgIpc) is 2.19. The van der Waals surface area contributed by atoms with Gasteiger partial charge in [0.1, 0.15) is 0 Å². The van der Waals surface area contributed by atoms with Gasteiger partial charge in [-0.3, -0.25) is 0 Å². The Morgan fingerprint density at radius 3 is 0.643 bits per heavy atom. The summed E-state index contributed by atoms with van der Waals surface area (Å²) in [4.78, 5) is 0. The summed E-state index contributed by atoms with van der Waals surface area (Å²) in [6, 6.07) is 0. The molecule has 0 fully saturated rings. The lowest BCUT2D eigenvalue weighted by atomic mass is 10.4. The van der Waals surface area contributed by atoms with Gasteiger partial charge in [-0.05, 0) is 27.7 Å². The minimum Gasteiger partial charge on any atom is -0.354 e. The molecule has 14 heavy (non-hydrogen) atoms. The molecule has 0 saturated heterocycles. The van der Waals surface area contributed by atoms with Crippen molar-refractivity contribution in [3.63, 3.8) is 0 Å². The monoisotopic (exact) mass is 208 g/mol. The predicted octanol–water partition coefficient (Wildman–Crippen LogP) is 2.03. The van der Waals surface area contributed by atoms with Crippen molar-refractivity contribution in [1.29, 1.82) is 0 Å². The minimum atomic E-state index is -0.417. The van der Waals surface area contributed by atoms with Gasteiger partial charge in [0.25, 0.3) is 0 Å². The van der Waals surface area contributed by atoms with Crippen molar-refractivity contribution in [1.82, 2.24) is 0 Å². The van der Waals surface area contributed by atoms with Crippen molar-refractivity contribution in [2.75, 3.05) is 28.4 Å². The summed E-state index contributed by atoms with van der Waals surface area (Å²) in [5.41, 5.74) is 0. The van der Waals surface area contributed by atoms with Crippen molar-refractivity contribution in [2.24, 2.45) is 0 Å². The number of methoxy groups -OCH3 is 4. The van der Waals surface area contributed by atoms with E-state index < -0.39 is 11.6 Å². The van der Waals surface area contributed by atoms with Crippen LogP contribution in [0.4, 0.5) is 0 Å². The summed E-state index contributed by atoms with van der Waals surface area (Å²) in [5.74, 6) is -0.833. The molecule has 4 nitrogen and oxygen atoms in total. The van der Waals surface area contributed by atoms with Crippen LogP contribution < -0.4 is 0 Å². The molecule has 0 aliphatic rings. The van der Waals surface area contributed by atoms with Gasteiger partial charge in [0.15, 0.2) is 11.6 Å². The summed E-state index contributed by atoms with van der Waals surface area (Å²) >= 11 is 0. The fourth-order valence-corrected chi connectivity index (χ4v) is 0.167. The van der Waals surface area contributed by atoms with E-state index >= 15 is 0 Å². The summed E-state index contributed by atoms with van der Waals surface area (Å²) in [6.45, 7) is 7.42. The van der Waals surface area contributed by atoms with Gasteiger partial charge >= 0.3 is 0 Å². The Morgan fingerprint density at radius 2 is 0.643 bits per heavy atom. The number of hydrogen-bond acceptors (Lipinski definition) is 4. The molecule has 0 N–H and O–H groups in total. The normalized spacial score (nSPS) is 12.0. The van der Waals surface area contributed by atoms with Crippen LogP contribution in [0.15, 0.2) is 0 Å². The highest BCUT2D eigenvalue weighted by atomic mass is 16.7. The molecular formula is C10H24O4. The lowest BCUT2D eigenvalue weighted by Crippen LogP contribution is -2.24. The molecule has 0 rings (SSSR count). The van der Waals surface area contributed by atoms with E-state index in [1.54, 1.807) is 28.4 Å². The lowest BCUT2D eigenvalue weighted by Gasteiger charge is -2.19. The lowest BCUT2D eigenvalue weighted by molar-refractivity contribution is -0.179. The van der Waals surface area contributed by atoms with E-state index in [4.69, 9.17) is 18.9 Å². The molecule has 0 spiro atoms. The summed E-state index contributed by atoms with van der Waals surface area (Å²) in [6.07, 6.45) is 0. The first kappa shape index (κ1) is 16.3. The highest BCUT2D eigenvalue weighted by molar-refractivity contribution is 4.47. The van der Waals surface area contributed by atoms with E-state index in [1.807, 2.05) is 27.7 Å². The third-order valence-electron chi connectivity index (χ3n) is 1.97. The van der Waals surface area contributed by atoms with Gasteiger partial charge in [0, 0.05) is 28.4 Å². The zero-order valence-electron chi connectivity index (χ0n) is 10.6. The van der Waals surface area contributed by atoms with Crippen molar-refractivity contribution in [3.8, 4) is 0 Å². The topological polar surface area (TPSA) is 36.9 Å². The maximum atomic E-state index is 4.86. The molecule has 0 aliphatic carbocycles. The van der Waals surface area contributed by atoms with Crippen molar-refractivity contribution >= 4 is 0 Å². The average molecular weight is 208 g/mol. The number of hydrogen-bond donors (Lipinski definition) is 0. The highest BCUT2D eigenvalue weighted by Gasteiger charge is 2.12. The van der Waals surface area contributed by atoms with E-state index in [2.05, 4.69) is 0 Å². The highest BCUT2D eigenvalue weighted by Crippen LogP contribution is 2.05. The molecule has 0 aromatic carbocycles. The Kier molecular flexibility index (Phi) is 8.34. The first-order valence-electron chi connectivity index (χ1n) is 4.45. The fraction of sp³-hybridized carbons (Fsp3) is 1.00. The Hall–Kier alpha value is -0.160. The fourth-order valence-electron chi connectivity index (χ4n) is 0.167. The Bertz CT molecular complexity index is 104. The molecule has 0 aromatic heterocycles. The van der Waals surface area contributed by atoms with E-state index in [1.165, 1.54) is 0 Å². The SMILES string of the molecule is COC(C)(C)OC.COC(C)(C)OC. The van der Waals surface area contributed by atoms with Crippen LogP contribution in [-0.4, -0.2) is 40.0 Å². The van der Waals surface area contributed by atoms with E-state index in [0.29, 0.717) is 0 Å². The van der Waals surface area contributed by atoms with E-state index in [9.17, 15) is 0 Å². The smallest absolute Gasteiger partial charge is 0.161 e. The second-order valence-electron chi connectivity index (χ2n) is 3.62. The minimum absolute atomic E-state index is 0.417. The standard InChI is InChI=1S/2C5H12O2/c2*1-5(2,6-3)7-4/h2*1-4H3. The molecule has 88 valence electrons. The van der Waals surface area contributed by atoms with Gasteiger partial charge < -0.3 is 18.9 Å². The Balaban J connectivity index is 0. The van der Waals surface area contributed by atoms with Crippen molar-refractivity contribution in [2.45, 2.75) is 39.3 Å².